The fraction of sp³-hybridized carbons (Fsp3) is 0.550. The van der Waals surface area contributed by atoms with Gasteiger partial charge in [-0.1, -0.05) is 11.6 Å². The number of hydrogen-bond donors (Lipinski definition) is 0. The minimum atomic E-state index is -1.39. The van der Waals surface area contributed by atoms with Gasteiger partial charge in [0.15, 0.2) is 5.41 Å². The van der Waals surface area contributed by atoms with Crippen molar-refractivity contribution in [1.29, 1.82) is 0 Å². The maximum Gasteiger partial charge on any atom is 0.323 e. The Bertz CT molecular complexity index is 789. The number of hydrogen-bond acceptors (Lipinski definition) is 5. The second-order valence-corrected chi connectivity index (χ2v) is 8.19. The van der Waals surface area contributed by atoms with Gasteiger partial charge in [-0.2, -0.15) is 0 Å². The Balaban J connectivity index is 1.93. The van der Waals surface area contributed by atoms with Gasteiger partial charge < -0.3 is 9.47 Å². The number of aliphatic imine (C=N–C) groups is 1. The van der Waals surface area contributed by atoms with Gasteiger partial charge in [-0.25, -0.2) is 0 Å². The first-order valence-corrected chi connectivity index (χ1v) is 9.94. The van der Waals surface area contributed by atoms with Crippen molar-refractivity contribution in [1.82, 2.24) is 0 Å². The van der Waals surface area contributed by atoms with Crippen LogP contribution < -0.4 is 0 Å². The first-order chi connectivity index (χ1) is 12.8. The summed E-state index contributed by atoms with van der Waals surface area (Å²) in [6, 6.07) is 5.47. The molecule has 0 amide bonds. The molecule has 1 aromatic rings. The molecule has 1 saturated carbocycles. The highest BCUT2D eigenvalue weighted by atomic mass is 35.5. The van der Waals surface area contributed by atoms with E-state index in [0.717, 1.165) is 17.0 Å². The van der Waals surface area contributed by atoms with Crippen molar-refractivity contribution >= 4 is 46.5 Å². The van der Waals surface area contributed by atoms with Crippen molar-refractivity contribution in [2.45, 2.75) is 44.9 Å². The standard InChI is InChI=1S/C20H23Cl2NO4/c1-4-26-17(24)19(3,18(25)27-5-2)12-8-9-20(22)14-11-13(21)6-7-15(14)23-16(20)10-12/h6-7,11-12H,4-5,8-10H2,1-3H3. The van der Waals surface area contributed by atoms with E-state index in [4.69, 9.17) is 32.7 Å². The number of fused-ring (bicyclic) bond motifs is 3. The molecule has 0 radical (unpaired) electrons. The lowest BCUT2D eigenvalue weighted by atomic mass is 9.66. The highest BCUT2D eigenvalue weighted by molar-refractivity contribution is 6.38. The monoisotopic (exact) mass is 411 g/mol. The second-order valence-electron chi connectivity index (χ2n) is 7.10. The minimum absolute atomic E-state index is 0.199. The summed E-state index contributed by atoms with van der Waals surface area (Å²) in [6.07, 6.45) is 1.55. The molecule has 7 heteroatoms. The van der Waals surface area contributed by atoms with Gasteiger partial charge in [0.1, 0.15) is 4.87 Å². The topological polar surface area (TPSA) is 65.0 Å². The number of carbonyl (C=O) groups excluding carboxylic acids is 2. The summed E-state index contributed by atoms with van der Waals surface area (Å²) >= 11 is 13.1. The third-order valence-electron chi connectivity index (χ3n) is 5.59. The zero-order valence-electron chi connectivity index (χ0n) is 15.7. The Morgan fingerprint density at radius 2 is 1.89 bits per heavy atom. The Kier molecular flexibility index (Phi) is 5.55. The lowest BCUT2D eigenvalue weighted by Gasteiger charge is -2.40. The summed E-state index contributed by atoms with van der Waals surface area (Å²) in [5, 5.41) is 0.607. The van der Waals surface area contributed by atoms with E-state index in [1.165, 1.54) is 0 Å². The number of ether oxygens (including phenoxy) is 2. The molecule has 0 spiro atoms. The van der Waals surface area contributed by atoms with Gasteiger partial charge in [-0.15, -0.1) is 11.6 Å². The number of esters is 2. The van der Waals surface area contributed by atoms with Crippen LogP contribution in [-0.2, 0) is 23.9 Å². The van der Waals surface area contributed by atoms with Crippen LogP contribution in [-0.4, -0.2) is 30.9 Å². The molecule has 5 nitrogen and oxygen atoms in total. The maximum absolute atomic E-state index is 12.7. The zero-order valence-corrected chi connectivity index (χ0v) is 17.2. The van der Waals surface area contributed by atoms with Crippen LogP contribution in [0.15, 0.2) is 23.2 Å². The van der Waals surface area contributed by atoms with E-state index >= 15 is 0 Å². The van der Waals surface area contributed by atoms with Crippen LogP contribution >= 0.6 is 23.2 Å². The van der Waals surface area contributed by atoms with Crippen molar-refractivity contribution in [2.75, 3.05) is 13.2 Å². The molecule has 2 unspecified atom stereocenters. The lowest BCUT2D eigenvalue weighted by Crippen LogP contribution is -2.49. The number of nitrogens with zero attached hydrogens (tertiary/aromatic N) is 1. The zero-order chi connectivity index (χ0) is 19.8. The Morgan fingerprint density at radius 1 is 1.26 bits per heavy atom. The molecule has 2 aliphatic rings. The summed E-state index contributed by atoms with van der Waals surface area (Å²) in [5.74, 6) is -1.42. The molecule has 3 rings (SSSR count). The van der Waals surface area contributed by atoms with Crippen LogP contribution in [0.2, 0.25) is 5.02 Å². The smallest absolute Gasteiger partial charge is 0.323 e. The Morgan fingerprint density at radius 3 is 2.48 bits per heavy atom. The van der Waals surface area contributed by atoms with E-state index in [1.807, 2.05) is 12.1 Å². The predicted octanol–water partition coefficient (Wildman–Crippen LogP) is 4.79. The first kappa shape index (κ1) is 20.2. The van der Waals surface area contributed by atoms with Gasteiger partial charge in [0.2, 0.25) is 0 Å². The lowest BCUT2D eigenvalue weighted by molar-refractivity contribution is -0.175. The van der Waals surface area contributed by atoms with Crippen molar-refractivity contribution < 1.29 is 19.1 Å². The molecule has 1 aliphatic carbocycles. The van der Waals surface area contributed by atoms with Crippen molar-refractivity contribution in [2.24, 2.45) is 16.3 Å². The molecule has 1 heterocycles. The van der Waals surface area contributed by atoms with Crippen LogP contribution in [0.25, 0.3) is 0 Å². The average molecular weight is 412 g/mol. The largest absolute Gasteiger partial charge is 0.465 e. The first-order valence-electron chi connectivity index (χ1n) is 9.18. The predicted molar refractivity (Wildman–Crippen MR) is 105 cm³/mol. The van der Waals surface area contributed by atoms with E-state index in [-0.39, 0.29) is 19.1 Å². The van der Waals surface area contributed by atoms with Crippen LogP contribution in [0, 0.1) is 11.3 Å². The number of carbonyl (C=O) groups is 2. The van der Waals surface area contributed by atoms with Gasteiger partial charge >= 0.3 is 11.9 Å². The molecular weight excluding hydrogens is 389 g/mol. The van der Waals surface area contributed by atoms with E-state index in [2.05, 4.69) is 4.99 Å². The van der Waals surface area contributed by atoms with Crippen LogP contribution in [0.5, 0.6) is 0 Å². The van der Waals surface area contributed by atoms with Gasteiger partial charge in [0.25, 0.3) is 0 Å². The van der Waals surface area contributed by atoms with Crippen LogP contribution in [0.4, 0.5) is 5.69 Å². The highest BCUT2D eigenvalue weighted by Gasteiger charge is 2.56. The van der Waals surface area contributed by atoms with Crippen LogP contribution in [0.1, 0.15) is 45.6 Å². The summed E-state index contributed by atoms with van der Waals surface area (Å²) in [7, 11) is 0. The van der Waals surface area contributed by atoms with Gasteiger partial charge in [-0.05, 0) is 64.2 Å². The molecule has 1 fully saturated rings. The molecule has 0 aromatic heterocycles. The third-order valence-corrected chi connectivity index (χ3v) is 6.44. The number of halogens is 2. The quantitative estimate of drug-likeness (QED) is 0.396. The van der Waals surface area contributed by atoms with Crippen molar-refractivity contribution in [3.8, 4) is 0 Å². The van der Waals surface area contributed by atoms with E-state index < -0.39 is 22.2 Å². The number of benzene rings is 1. The molecule has 27 heavy (non-hydrogen) atoms. The van der Waals surface area contributed by atoms with Gasteiger partial charge in [-0.3, -0.25) is 14.6 Å². The second kappa shape index (κ2) is 7.44. The summed E-state index contributed by atoms with van der Waals surface area (Å²) in [4.78, 5) is 29.4. The van der Waals surface area contributed by atoms with Gasteiger partial charge in [0, 0.05) is 16.3 Å². The fourth-order valence-electron chi connectivity index (χ4n) is 3.98. The summed E-state index contributed by atoms with van der Waals surface area (Å²) in [6.45, 7) is 5.44. The Hall–Kier alpha value is -1.59. The molecule has 1 aliphatic heterocycles. The average Bonchev–Trinajstić information content (AvgIpc) is 2.92. The fourth-order valence-corrected chi connectivity index (χ4v) is 4.53. The number of rotatable bonds is 5. The minimum Gasteiger partial charge on any atom is -0.465 e. The van der Waals surface area contributed by atoms with E-state index in [1.54, 1.807) is 26.8 Å². The normalized spacial score (nSPS) is 23.9. The Labute approximate surface area is 169 Å². The number of alkyl halides is 1. The molecule has 0 saturated heterocycles. The summed E-state index contributed by atoms with van der Waals surface area (Å²) in [5.41, 5.74) is 1.05. The molecule has 146 valence electrons. The maximum atomic E-state index is 12.7. The molecule has 0 N–H and O–H groups in total. The SMILES string of the molecule is CCOC(=O)C(C)(C(=O)OCC)C1CCC2(Cl)C(=Nc3ccc(Cl)cc32)C1. The highest BCUT2D eigenvalue weighted by Crippen LogP contribution is 2.54. The summed E-state index contributed by atoms with van der Waals surface area (Å²) < 4.78 is 10.4. The van der Waals surface area contributed by atoms with E-state index in [9.17, 15) is 9.59 Å². The van der Waals surface area contributed by atoms with Crippen molar-refractivity contribution in [3.05, 3.63) is 28.8 Å². The van der Waals surface area contributed by atoms with Gasteiger partial charge in [0.05, 0.1) is 18.9 Å². The van der Waals surface area contributed by atoms with Crippen molar-refractivity contribution in [3.63, 3.8) is 0 Å². The molecule has 1 aromatic carbocycles. The molecular formula is C20H23Cl2NO4. The molecule has 2 atom stereocenters. The third kappa shape index (κ3) is 3.25. The van der Waals surface area contributed by atoms with Crippen LogP contribution in [0.3, 0.4) is 0 Å². The van der Waals surface area contributed by atoms with E-state index in [0.29, 0.717) is 24.3 Å². The molecule has 0 bridgehead atoms.